The molecule has 0 aromatic carbocycles. The van der Waals surface area contributed by atoms with Crippen molar-refractivity contribution < 1.29 is 19.1 Å². The molecule has 0 spiro atoms. The van der Waals surface area contributed by atoms with Crippen molar-refractivity contribution in [1.29, 1.82) is 0 Å². The van der Waals surface area contributed by atoms with E-state index in [9.17, 15) is 9.59 Å². The highest BCUT2D eigenvalue weighted by molar-refractivity contribution is 5.90. The lowest BCUT2D eigenvalue weighted by molar-refractivity contribution is -0.148. The van der Waals surface area contributed by atoms with E-state index in [4.69, 9.17) is 9.47 Å². The van der Waals surface area contributed by atoms with Gasteiger partial charge in [0.1, 0.15) is 6.10 Å². The number of allylic oxidation sites excluding steroid dienone is 1. The molecule has 1 atom stereocenters. The van der Waals surface area contributed by atoms with Crippen molar-refractivity contribution in [2.45, 2.75) is 39.2 Å². The van der Waals surface area contributed by atoms with Gasteiger partial charge in [-0.1, -0.05) is 6.08 Å². The molecule has 0 radical (unpaired) electrons. The van der Waals surface area contributed by atoms with E-state index >= 15 is 0 Å². The highest BCUT2D eigenvalue weighted by Gasteiger charge is 2.26. The molecule has 0 aromatic heterocycles. The molecular formula is C11H16O4. The largest absolute Gasteiger partial charge is 0.463 e. The lowest BCUT2D eigenvalue weighted by atomic mass is 9.96. The van der Waals surface area contributed by atoms with E-state index in [1.807, 2.05) is 0 Å². The molecule has 0 aliphatic heterocycles. The third kappa shape index (κ3) is 3.38. The Hall–Kier alpha value is -1.32. The first-order valence-electron chi connectivity index (χ1n) is 5.19. The fourth-order valence-electron chi connectivity index (χ4n) is 1.60. The van der Waals surface area contributed by atoms with E-state index in [1.54, 1.807) is 13.0 Å². The third-order valence-corrected chi connectivity index (χ3v) is 2.20. The Morgan fingerprint density at radius 1 is 1.53 bits per heavy atom. The van der Waals surface area contributed by atoms with Gasteiger partial charge < -0.3 is 9.47 Å². The standard InChI is InChI=1S/C11H16O4/c1-3-14-11(13)9-6-4-5-7-10(9)15-8(2)12/h6,10H,3-5,7H2,1-2H3. The normalized spacial score (nSPS) is 20.4. The van der Waals surface area contributed by atoms with Gasteiger partial charge in [-0.05, 0) is 26.2 Å². The van der Waals surface area contributed by atoms with E-state index < -0.39 is 6.10 Å². The van der Waals surface area contributed by atoms with Crippen LogP contribution in [-0.4, -0.2) is 24.6 Å². The number of rotatable bonds is 3. The predicted molar refractivity (Wildman–Crippen MR) is 54.1 cm³/mol. The first-order valence-corrected chi connectivity index (χ1v) is 5.19. The van der Waals surface area contributed by atoms with E-state index in [2.05, 4.69) is 0 Å². The molecule has 15 heavy (non-hydrogen) atoms. The monoisotopic (exact) mass is 212 g/mol. The van der Waals surface area contributed by atoms with Crippen LogP contribution in [0.1, 0.15) is 33.1 Å². The minimum atomic E-state index is -0.421. The number of esters is 2. The second kappa shape index (κ2) is 5.53. The summed E-state index contributed by atoms with van der Waals surface area (Å²) < 4.78 is 9.96. The average Bonchev–Trinajstić information content (AvgIpc) is 2.18. The van der Waals surface area contributed by atoms with Crippen LogP contribution in [0.5, 0.6) is 0 Å². The highest BCUT2D eigenvalue weighted by atomic mass is 16.6. The summed E-state index contributed by atoms with van der Waals surface area (Å²) in [5.41, 5.74) is 0.485. The zero-order valence-electron chi connectivity index (χ0n) is 9.12. The SMILES string of the molecule is CCOC(=O)C1=CCCCC1OC(C)=O. The van der Waals surface area contributed by atoms with Crippen molar-refractivity contribution >= 4 is 11.9 Å². The summed E-state index contributed by atoms with van der Waals surface area (Å²) in [6, 6.07) is 0. The number of hydrogen-bond acceptors (Lipinski definition) is 4. The zero-order chi connectivity index (χ0) is 11.3. The first-order chi connectivity index (χ1) is 7.15. The van der Waals surface area contributed by atoms with Gasteiger partial charge in [0.2, 0.25) is 0 Å². The summed E-state index contributed by atoms with van der Waals surface area (Å²) >= 11 is 0. The van der Waals surface area contributed by atoms with Crippen LogP contribution in [0.3, 0.4) is 0 Å². The Bertz CT molecular complexity index is 280. The van der Waals surface area contributed by atoms with Crippen LogP contribution in [0.2, 0.25) is 0 Å². The van der Waals surface area contributed by atoms with Crippen LogP contribution < -0.4 is 0 Å². The van der Waals surface area contributed by atoms with Gasteiger partial charge >= 0.3 is 11.9 Å². The molecule has 0 bridgehead atoms. The number of ether oxygens (including phenoxy) is 2. The van der Waals surface area contributed by atoms with Crippen molar-refractivity contribution in [2.75, 3.05) is 6.61 Å². The Labute approximate surface area is 89.2 Å². The molecule has 0 fully saturated rings. The predicted octanol–water partition coefficient (Wildman–Crippen LogP) is 1.59. The molecule has 0 aromatic rings. The molecule has 4 heteroatoms. The van der Waals surface area contributed by atoms with Gasteiger partial charge in [-0.3, -0.25) is 4.79 Å². The maximum atomic E-state index is 11.5. The smallest absolute Gasteiger partial charge is 0.337 e. The molecule has 1 aliphatic carbocycles. The Morgan fingerprint density at radius 3 is 2.87 bits per heavy atom. The molecule has 0 N–H and O–H groups in total. The van der Waals surface area contributed by atoms with Gasteiger partial charge in [0.25, 0.3) is 0 Å². The van der Waals surface area contributed by atoms with Gasteiger partial charge in [-0.15, -0.1) is 0 Å². The van der Waals surface area contributed by atoms with Crippen molar-refractivity contribution in [1.82, 2.24) is 0 Å². The van der Waals surface area contributed by atoms with Crippen LogP contribution in [0, 0.1) is 0 Å². The lowest BCUT2D eigenvalue weighted by Crippen LogP contribution is -2.27. The molecule has 0 saturated carbocycles. The summed E-state index contributed by atoms with van der Waals surface area (Å²) in [6.07, 6.45) is 3.85. The van der Waals surface area contributed by atoms with Crippen molar-refractivity contribution in [3.63, 3.8) is 0 Å². The van der Waals surface area contributed by atoms with E-state index in [0.29, 0.717) is 18.6 Å². The molecule has 1 aliphatic rings. The molecule has 1 unspecified atom stereocenters. The fraction of sp³-hybridized carbons (Fsp3) is 0.636. The second-order valence-corrected chi connectivity index (χ2v) is 3.41. The molecule has 0 heterocycles. The molecule has 1 rings (SSSR count). The maximum Gasteiger partial charge on any atom is 0.337 e. The molecule has 84 valence electrons. The van der Waals surface area contributed by atoms with Crippen molar-refractivity contribution in [2.24, 2.45) is 0 Å². The number of carbonyl (C=O) groups is 2. The summed E-state index contributed by atoms with van der Waals surface area (Å²) in [5.74, 6) is -0.736. The van der Waals surface area contributed by atoms with Gasteiger partial charge in [0.15, 0.2) is 0 Å². The average molecular weight is 212 g/mol. The Kier molecular flexibility index (Phi) is 4.34. The van der Waals surface area contributed by atoms with Gasteiger partial charge in [-0.25, -0.2) is 4.79 Å². The topological polar surface area (TPSA) is 52.6 Å². The van der Waals surface area contributed by atoms with Gasteiger partial charge in [0, 0.05) is 6.92 Å². The lowest BCUT2D eigenvalue weighted by Gasteiger charge is -2.22. The highest BCUT2D eigenvalue weighted by Crippen LogP contribution is 2.22. The molecule has 0 saturated heterocycles. The van der Waals surface area contributed by atoms with Gasteiger partial charge in [-0.2, -0.15) is 0 Å². The number of hydrogen-bond donors (Lipinski definition) is 0. The van der Waals surface area contributed by atoms with Crippen LogP contribution in [0.4, 0.5) is 0 Å². The fourth-order valence-corrected chi connectivity index (χ4v) is 1.60. The first kappa shape index (κ1) is 11.8. The van der Waals surface area contributed by atoms with Crippen LogP contribution >= 0.6 is 0 Å². The summed E-state index contributed by atoms with van der Waals surface area (Å²) in [5, 5.41) is 0. The second-order valence-electron chi connectivity index (χ2n) is 3.41. The van der Waals surface area contributed by atoms with Crippen molar-refractivity contribution in [3.8, 4) is 0 Å². The van der Waals surface area contributed by atoms with Crippen LogP contribution in [-0.2, 0) is 19.1 Å². The summed E-state index contributed by atoms with van der Waals surface area (Å²) in [4.78, 5) is 22.3. The van der Waals surface area contributed by atoms with E-state index in [0.717, 1.165) is 12.8 Å². The van der Waals surface area contributed by atoms with Crippen LogP contribution in [0.15, 0.2) is 11.6 Å². The minimum absolute atomic E-state index is 0.336. The molecule has 4 nitrogen and oxygen atoms in total. The quantitative estimate of drug-likeness (QED) is 0.667. The summed E-state index contributed by atoms with van der Waals surface area (Å²) in [7, 11) is 0. The Morgan fingerprint density at radius 2 is 2.27 bits per heavy atom. The zero-order valence-corrected chi connectivity index (χ0v) is 9.12. The van der Waals surface area contributed by atoms with Gasteiger partial charge in [0.05, 0.1) is 12.2 Å². The molecule has 0 amide bonds. The summed E-state index contributed by atoms with van der Waals surface area (Å²) in [6.45, 7) is 3.43. The van der Waals surface area contributed by atoms with Crippen LogP contribution in [0.25, 0.3) is 0 Å². The maximum absolute atomic E-state index is 11.5. The van der Waals surface area contributed by atoms with Crippen molar-refractivity contribution in [3.05, 3.63) is 11.6 Å². The third-order valence-electron chi connectivity index (χ3n) is 2.20. The Balaban J connectivity index is 2.68. The molecular weight excluding hydrogens is 196 g/mol. The van der Waals surface area contributed by atoms with E-state index in [-0.39, 0.29) is 11.9 Å². The number of carbonyl (C=O) groups excluding carboxylic acids is 2. The minimum Gasteiger partial charge on any atom is -0.463 e. The van der Waals surface area contributed by atoms with E-state index in [1.165, 1.54) is 6.92 Å².